The fraction of sp³-hybridized carbons (Fsp3) is 0.438. The normalized spacial score (nSPS) is 13.7. The lowest BCUT2D eigenvalue weighted by Gasteiger charge is -2.11. The van der Waals surface area contributed by atoms with Gasteiger partial charge in [0.25, 0.3) is 0 Å². The van der Waals surface area contributed by atoms with E-state index in [0.717, 1.165) is 22.0 Å². The van der Waals surface area contributed by atoms with Crippen molar-refractivity contribution in [2.45, 2.75) is 43.5 Å². The summed E-state index contributed by atoms with van der Waals surface area (Å²) in [6.45, 7) is 8.28. The van der Waals surface area contributed by atoms with Crippen molar-refractivity contribution in [1.29, 1.82) is 0 Å². The van der Waals surface area contributed by atoms with Crippen molar-refractivity contribution < 1.29 is 4.52 Å². The number of imidazole rings is 1. The molecular weight excluding hydrogens is 296 g/mol. The number of rotatable bonds is 3. The van der Waals surface area contributed by atoms with Gasteiger partial charge in [-0.2, -0.15) is 4.98 Å². The standard InChI is InChI=1S/C16H20N4OS/c1-10(13-18-14(19-21-13)16(2,3)4)22-15-17-11-8-6-7-9-12(11)20(15)5/h6-10H,1-5H3. The lowest BCUT2D eigenvalue weighted by Crippen LogP contribution is -2.13. The summed E-state index contributed by atoms with van der Waals surface area (Å²) < 4.78 is 7.51. The van der Waals surface area contributed by atoms with Crippen LogP contribution in [0.15, 0.2) is 33.9 Å². The fourth-order valence-electron chi connectivity index (χ4n) is 2.14. The molecule has 0 fully saturated rings. The second-order valence-corrected chi connectivity index (χ2v) is 7.72. The highest BCUT2D eigenvalue weighted by Gasteiger charge is 2.24. The van der Waals surface area contributed by atoms with E-state index in [1.54, 1.807) is 11.8 Å². The van der Waals surface area contributed by atoms with E-state index in [-0.39, 0.29) is 10.7 Å². The largest absolute Gasteiger partial charge is 0.338 e. The van der Waals surface area contributed by atoms with E-state index >= 15 is 0 Å². The van der Waals surface area contributed by atoms with Gasteiger partial charge in [0.05, 0.1) is 16.3 Å². The van der Waals surface area contributed by atoms with Crippen LogP contribution in [0, 0.1) is 0 Å². The third-order valence-electron chi connectivity index (χ3n) is 3.49. The molecule has 0 amide bonds. The molecule has 116 valence electrons. The van der Waals surface area contributed by atoms with Gasteiger partial charge in [0.2, 0.25) is 5.89 Å². The second-order valence-electron chi connectivity index (χ2n) is 6.41. The van der Waals surface area contributed by atoms with Crippen LogP contribution >= 0.6 is 11.8 Å². The van der Waals surface area contributed by atoms with Crippen molar-refractivity contribution in [3.8, 4) is 0 Å². The molecule has 0 aliphatic heterocycles. The predicted molar refractivity (Wildman–Crippen MR) is 88.0 cm³/mol. The molecule has 0 aliphatic rings. The minimum Gasteiger partial charge on any atom is -0.338 e. The van der Waals surface area contributed by atoms with Gasteiger partial charge < -0.3 is 9.09 Å². The molecule has 5 nitrogen and oxygen atoms in total. The molecule has 2 heterocycles. The molecular formula is C16H20N4OS. The van der Waals surface area contributed by atoms with Gasteiger partial charge in [-0.15, -0.1) is 0 Å². The van der Waals surface area contributed by atoms with Gasteiger partial charge in [0.15, 0.2) is 11.0 Å². The maximum atomic E-state index is 5.42. The van der Waals surface area contributed by atoms with Crippen LogP contribution < -0.4 is 0 Å². The highest BCUT2D eigenvalue weighted by Crippen LogP contribution is 2.35. The van der Waals surface area contributed by atoms with Crippen LogP contribution in [-0.2, 0) is 12.5 Å². The van der Waals surface area contributed by atoms with E-state index in [1.165, 1.54) is 0 Å². The summed E-state index contributed by atoms with van der Waals surface area (Å²) in [5.74, 6) is 1.38. The van der Waals surface area contributed by atoms with Crippen LogP contribution in [0.2, 0.25) is 0 Å². The molecule has 3 aromatic rings. The maximum Gasteiger partial charge on any atom is 0.239 e. The first kappa shape index (κ1) is 15.1. The Kier molecular flexibility index (Phi) is 3.72. The van der Waals surface area contributed by atoms with Crippen LogP contribution in [0.1, 0.15) is 44.7 Å². The number of thioether (sulfide) groups is 1. The molecule has 22 heavy (non-hydrogen) atoms. The third-order valence-corrected chi connectivity index (χ3v) is 4.62. The molecule has 0 radical (unpaired) electrons. The molecule has 0 N–H and O–H groups in total. The van der Waals surface area contributed by atoms with Gasteiger partial charge in [-0.3, -0.25) is 0 Å². The minimum absolute atomic E-state index is 0.0547. The van der Waals surface area contributed by atoms with E-state index in [2.05, 4.69) is 53.5 Å². The molecule has 1 unspecified atom stereocenters. The van der Waals surface area contributed by atoms with E-state index in [9.17, 15) is 0 Å². The molecule has 1 aromatic carbocycles. The zero-order chi connectivity index (χ0) is 15.9. The molecule has 2 aromatic heterocycles. The molecule has 0 saturated carbocycles. The van der Waals surface area contributed by atoms with Gasteiger partial charge in [-0.25, -0.2) is 4.98 Å². The van der Waals surface area contributed by atoms with Gasteiger partial charge in [-0.1, -0.05) is 49.8 Å². The lowest BCUT2D eigenvalue weighted by atomic mass is 9.96. The summed E-state index contributed by atoms with van der Waals surface area (Å²) >= 11 is 1.63. The lowest BCUT2D eigenvalue weighted by molar-refractivity contribution is 0.364. The second kappa shape index (κ2) is 5.43. The van der Waals surface area contributed by atoms with E-state index in [1.807, 2.05) is 25.2 Å². The SMILES string of the molecule is CC(Sc1nc2ccccc2n1C)c1nc(C(C)(C)C)no1. The molecule has 3 rings (SSSR count). The van der Waals surface area contributed by atoms with Gasteiger partial charge in [0.1, 0.15) is 0 Å². The van der Waals surface area contributed by atoms with Crippen LogP contribution in [0.3, 0.4) is 0 Å². The fourth-order valence-corrected chi connectivity index (χ4v) is 3.06. The summed E-state index contributed by atoms with van der Waals surface area (Å²) in [5.41, 5.74) is 2.02. The van der Waals surface area contributed by atoms with Crippen molar-refractivity contribution in [3.05, 3.63) is 36.0 Å². The summed E-state index contributed by atoms with van der Waals surface area (Å²) in [6.07, 6.45) is 0. The number of aryl methyl sites for hydroxylation is 1. The maximum absolute atomic E-state index is 5.42. The van der Waals surface area contributed by atoms with Crippen molar-refractivity contribution in [2.24, 2.45) is 7.05 Å². The van der Waals surface area contributed by atoms with E-state index in [4.69, 9.17) is 4.52 Å². The number of nitrogens with zero attached hydrogens (tertiary/aromatic N) is 4. The molecule has 0 spiro atoms. The van der Waals surface area contributed by atoms with E-state index in [0.29, 0.717) is 5.89 Å². The number of benzene rings is 1. The Morgan fingerprint density at radius 3 is 2.55 bits per heavy atom. The number of fused-ring (bicyclic) bond motifs is 1. The Hall–Kier alpha value is -1.82. The summed E-state index contributed by atoms with van der Waals surface area (Å²) in [6, 6.07) is 8.12. The molecule has 0 saturated heterocycles. The molecule has 0 bridgehead atoms. The first-order valence-corrected chi connectivity index (χ1v) is 8.16. The van der Waals surface area contributed by atoms with Crippen LogP contribution in [-0.4, -0.2) is 19.7 Å². The molecule has 0 aliphatic carbocycles. The Balaban J connectivity index is 1.85. The van der Waals surface area contributed by atoms with Crippen LogP contribution in [0.5, 0.6) is 0 Å². The third kappa shape index (κ3) is 2.75. The van der Waals surface area contributed by atoms with Gasteiger partial charge >= 0.3 is 0 Å². The number of aromatic nitrogens is 4. The van der Waals surface area contributed by atoms with Crippen LogP contribution in [0.25, 0.3) is 11.0 Å². The number of hydrogen-bond donors (Lipinski definition) is 0. The van der Waals surface area contributed by atoms with Crippen LogP contribution in [0.4, 0.5) is 0 Å². The van der Waals surface area contributed by atoms with Crippen molar-refractivity contribution >= 4 is 22.8 Å². The van der Waals surface area contributed by atoms with Crippen molar-refractivity contribution in [3.63, 3.8) is 0 Å². The Labute approximate surface area is 134 Å². The molecule has 6 heteroatoms. The smallest absolute Gasteiger partial charge is 0.239 e. The average molecular weight is 316 g/mol. The predicted octanol–water partition coefficient (Wildman–Crippen LogP) is 4.11. The van der Waals surface area contributed by atoms with E-state index < -0.39 is 0 Å². The van der Waals surface area contributed by atoms with Crippen molar-refractivity contribution in [2.75, 3.05) is 0 Å². The Morgan fingerprint density at radius 1 is 1.18 bits per heavy atom. The topological polar surface area (TPSA) is 56.7 Å². The monoisotopic (exact) mass is 316 g/mol. The first-order chi connectivity index (χ1) is 10.4. The molecule has 1 atom stereocenters. The zero-order valence-corrected chi connectivity index (χ0v) is 14.3. The number of para-hydroxylation sites is 2. The Bertz CT molecular complexity index is 800. The zero-order valence-electron chi connectivity index (χ0n) is 13.5. The summed E-state index contributed by atoms with van der Waals surface area (Å²) in [5, 5.41) is 5.09. The average Bonchev–Trinajstić information content (AvgIpc) is 3.05. The highest BCUT2D eigenvalue weighted by atomic mass is 32.2. The summed E-state index contributed by atoms with van der Waals surface area (Å²) in [4.78, 5) is 9.19. The Morgan fingerprint density at radius 2 is 1.91 bits per heavy atom. The minimum atomic E-state index is -0.107. The van der Waals surface area contributed by atoms with Crippen molar-refractivity contribution in [1.82, 2.24) is 19.7 Å². The number of hydrogen-bond acceptors (Lipinski definition) is 5. The highest BCUT2D eigenvalue weighted by molar-refractivity contribution is 7.99. The quantitative estimate of drug-likeness (QED) is 0.681. The van der Waals surface area contributed by atoms with Gasteiger partial charge in [0, 0.05) is 12.5 Å². The van der Waals surface area contributed by atoms with Gasteiger partial charge in [-0.05, 0) is 19.1 Å². The summed E-state index contributed by atoms with van der Waals surface area (Å²) in [7, 11) is 2.03. The first-order valence-electron chi connectivity index (χ1n) is 7.28.